The minimum Gasteiger partial charge on any atom is -0.370 e. The van der Waals surface area contributed by atoms with Crippen LogP contribution in [-0.2, 0) is 6.42 Å². The van der Waals surface area contributed by atoms with Crippen molar-refractivity contribution in [3.63, 3.8) is 0 Å². The molecule has 6 heteroatoms. The number of fused-ring (bicyclic) bond motifs is 1. The molecule has 0 spiro atoms. The maximum atomic E-state index is 13.7. The van der Waals surface area contributed by atoms with Gasteiger partial charge in [-0.2, -0.15) is 4.99 Å². The third kappa shape index (κ3) is 3.09. The lowest BCUT2D eigenvalue weighted by Gasteiger charge is -2.05. The van der Waals surface area contributed by atoms with E-state index in [1.165, 1.54) is 6.07 Å². The summed E-state index contributed by atoms with van der Waals surface area (Å²) in [6.07, 6.45) is 3.38. The van der Waals surface area contributed by atoms with Crippen molar-refractivity contribution in [1.82, 2.24) is 0 Å². The highest BCUT2D eigenvalue weighted by Crippen LogP contribution is 2.31. The van der Waals surface area contributed by atoms with Crippen molar-refractivity contribution < 1.29 is 4.39 Å². The molecule has 0 aromatic heterocycles. The summed E-state index contributed by atoms with van der Waals surface area (Å²) in [6.45, 7) is 0.419. The number of halogens is 1. The molecule has 0 radical (unpaired) electrons. The predicted molar refractivity (Wildman–Crippen MR) is 75.0 cm³/mol. The Hall–Kier alpha value is -2.37. The fourth-order valence-electron chi connectivity index (χ4n) is 2.12. The molecule has 0 heterocycles. The molecule has 0 unspecified atom stereocenters. The molecule has 1 aromatic rings. The number of nitrogens with zero attached hydrogens (tertiary/aromatic N) is 2. The summed E-state index contributed by atoms with van der Waals surface area (Å²) in [4.78, 5) is 7.62. The van der Waals surface area contributed by atoms with Crippen LogP contribution in [-0.4, -0.2) is 18.5 Å². The molecular weight excluding hydrogens is 245 g/mol. The van der Waals surface area contributed by atoms with Crippen molar-refractivity contribution in [3.05, 3.63) is 41.2 Å². The number of allylic oxidation sites excluding steroid dienone is 1. The minimum atomic E-state index is -0.192. The molecule has 2 rings (SSSR count). The Morgan fingerprint density at radius 3 is 2.79 bits per heavy atom. The number of guanidine groups is 2. The van der Waals surface area contributed by atoms with Gasteiger partial charge in [0.2, 0.25) is 5.96 Å². The smallest absolute Gasteiger partial charge is 0.218 e. The van der Waals surface area contributed by atoms with E-state index in [1.807, 2.05) is 12.1 Å². The first kappa shape index (κ1) is 13.1. The summed E-state index contributed by atoms with van der Waals surface area (Å²) in [6, 6.07) is 5.12. The van der Waals surface area contributed by atoms with Crippen molar-refractivity contribution in [2.24, 2.45) is 27.2 Å². The highest BCUT2D eigenvalue weighted by atomic mass is 19.1. The van der Waals surface area contributed by atoms with Gasteiger partial charge in [-0.15, -0.1) is 0 Å². The van der Waals surface area contributed by atoms with Crippen molar-refractivity contribution in [2.75, 3.05) is 6.54 Å². The van der Waals surface area contributed by atoms with Crippen LogP contribution in [0.3, 0.4) is 0 Å². The molecule has 0 saturated heterocycles. The Labute approximate surface area is 110 Å². The number of hydrogen-bond donors (Lipinski definition) is 3. The third-order valence-electron chi connectivity index (χ3n) is 2.89. The molecule has 0 amide bonds. The molecule has 1 aromatic carbocycles. The Kier molecular flexibility index (Phi) is 3.79. The second kappa shape index (κ2) is 5.51. The number of aliphatic imine (C=N–C) groups is 2. The van der Waals surface area contributed by atoms with E-state index in [-0.39, 0.29) is 17.7 Å². The molecular formula is C13H16FN5. The second-order valence-electron chi connectivity index (χ2n) is 4.23. The summed E-state index contributed by atoms with van der Waals surface area (Å²) in [7, 11) is 0. The van der Waals surface area contributed by atoms with Gasteiger partial charge in [-0.25, -0.2) is 4.39 Å². The number of benzene rings is 1. The fraction of sp³-hybridized carbons (Fsp3) is 0.231. The van der Waals surface area contributed by atoms with Crippen molar-refractivity contribution in [3.8, 4) is 0 Å². The Morgan fingerprint density at radius 2 is 2.05 bits per heavy atom. The van der Waals surface area contributed by atoms with E-state index < -0.39 is 0 Å². The normalized spacial score (nSPS) is 13.9. The molecule has 5 nitrogen and oxygen atoms in total. The van der Waals surface area contributed by atoms with Gasteiger partial charge in [-0.3, -0.25) is 4.99 Å². The van der Waals surface area contributed by atoms with Crippen LogP contribution < -0.4 is 17.2 Å². The van der Waals surface area contributed by atoms with Gasteiger partial charge >= 0.3 is 0 Å². The maximum Gasteiger partial charge on any atom is 0.218 e. The Balaban J connectivity index is 2.03. The van der Waals surface area contributed by atoms with Gasteiger partial charge in [-0.1, -0.05) is 18.2 Å². The van der Waals surface area contributed by atoms with Gasteiger partial charge in [0.05, 0.1) is 0 Å². The first-order chi connectivity index (χ1) is 9.08. The predicted octanol–water partition coefficient (Wildman–Crippen LogP) is 0.743. The van der Waals surface area contributed by atoms with Crippen LogP contribution in [0.4, 0.5) is 4.39 Å². The fourth-order valence-corrected chi connectivity index (χ4v) is 2.12. The maximum absolute atomic E-state index is 13.7. The quantitative estimate of drug-likeness (QED) is 0.552. The SMILES string of the molecule is NC(N)=NC(N)=NCCC1=CCc2cccc(F)c21. The monoisotopic (exact) mass is 261 g/mol. The van der Waals surface area contributed by atoms with E-state index in [1.54, 1.807) is 6.07 Å². The third-order valence-corrected chi connectivity index (χ3v) is 2.89. The zero-order valence-corrected chi connectivity index (χ0v) is 10.4. The summed E-state index contributed by atoms with van der Waals surface area (Å²) in [5.41, 5.74) is 18.5. The molecule has 100 valence electrons. The topological polar surface area (TPSA) is 103 Å². The van der Waals surface area contributed by atoms with E-state index >= 15 is 0 Å². The van der Waals surface area contributed by atoms with Crippen LogP contribution in [0, 0.1) is 5.82 Å². The minimum absolute atomic E-state index is 0.0346. The molecule has 1 aliphatic rings. The van der Waals surface area contributed by atoms with E-state index in [2.05, 4.69) is 9.98 Å². The van der Waals surface area contributed by atoms with Crippen LogP contribution in [0.25, 0.3) is 5.57 Å². The lowest BCUT2D eigenvalue weighted by atomic mass is 10.0. The lowest BCUT2D eigenvalue weighted by Crippen LogP contribution is -2.26. The van der Waals surface area contributed by atoms with Gasteiger partial charge < -0.3 is 17.2 Å². The highest BCUT2D eigenvalue weighted by Gasteiger charge is 2.17. The molecule has 19 heavy (non-hydrogen) atoms. The van der Waals surface area contributed by atoms with Crippen LogP contribution in [0.15, 0.2) is 34.3 Å². The number of nitrogens with two attached hydrogens (primary N) is 3. The van der Waals surface area contributed by atoms with Gasteiger partial charge in [0.15, 0.2) is 5.96 Å². The lowest BCUT2D eigenvalue weighted by molar-refractivity contribution is 0.622. The zero-order valence-electron chi connectivity index (χ0n) is 10.4. The average Bonchev–Trinajstić information content (AvgIpc) is 2.73. The zero-order chi connectivity index (χ0) is 13.8. The summed E-state index contributed by atoms with van der Waals surface area (Å²) in [5.74, 6) is -0.285. The second-order valence-corrected chi connectivity index (χ2v) is 4.23. The Morgan fingerprint density at radius 1 is 1.26 bits per heavy atom. The number of rotatable bonds is 3. The van der Waals surface area contributed by atoms with Gasteiger partial charge in [-0.05, 0) is 30.0 Å². The van der Waals surface area contributed by atoms with E-state index in [0.29, 0.717) is 18.5 Å². The number of hydrogen-bond acceptors (Lipinski definition) is 1. The van der Waals surface area contributed by atoms with E-state index in [4.69, 9.17) is 17.2 Å². The van der Waals surface area contributed by atoms with Crippen molar-refractivity contribution in [2.45, 2.75) is 12.8 Å². The van der Waals surface area contributed by atoms with Crippen LogP contribution >= 0.6 is 0 Å². The van der Waals surface area contributed by atoms with Crippen LogP contribution in [0.1, 0.15) is 17.5 Å². The molecule has 0 saturated carbocycles. The first-order valence-corrected chi connectivity index (χ1v) is 5.94. The molecule has 1 aliphatic carbocycles. The average molecular weight is 261 g/mol. The van der Waals surface area contributed by atoms with Gasteiger partial charge in [0.1, 0.15) is 5.82 Å². The van der Waals surface area contributed by atoms with Crippen LogP contribution in [0.2, 0.25) is 0 Å². The molecule has 0 bridgehead atoms. The first-order valence-electron chi connectivity index (χ1n) is 5.94. The van der Waals surface area contributed by atoms with Gasteiger partial charge in [0, 0.05) is 12.1 Å². The summed E-state index contributed by atoms with van der Waals surface area (Å²) < 4.78 is 13.7. The molecule has 0 aliphatic heterocycles. The van der Waals surface area contributed by atoms with Gasteiger partial charge in [0.25, 0.3) is 0 Å². The van der Waals surface area contributed by atoms with E-state index in [0.717, 1.165) is 17.6 Å². The molecule has 0 atom stereocenters. The van der Waals surface area contributed by atoms with Crippen molar-refractivity contribution in [1.29, 1.82) is 0 Å². The van der Waals surface area contributed by atoms with E-state index in [9.17, 15) is 4.39 Å². The molecule has 0 fully saturated rings. The molecule has 6 N–H and O–H groups in total. The van der Waals surface area contributed by atoms with Crippen molar-refractivity contribution >= 4 is 17.5 Å². The Bertz CT molecular complexity index is 570. The largest absolute Gasteiger partial charge is 0.370 e. The summed E-state index contributed by atoms with van der Waals surface area (Å²) >= 11 is 0. The highest BCUT2D eigenvalue weighted by molar-refractivity contribution is 5.92. The summed E-state index contributed by atoms with van der Waals surface area (Å²) in [5, 5.41) is 0. The standard InChI is InChI=1S/C13H16FN5/c14-10-3-1-2-8-4-5-9(11(8)10)6-7-18-13(17)19-12(15)16/h1-3,5H,4,6-7H2,(H6,15,16,17,18,19). The van der Waals surface area contributed by atoms with Crippen LogP contribution in [0.5, 0.6) is 0 Å².